The minimum Gasteiger partial charge on any atom is -0.443 e. The number of fused-ring (bicyclic) bond motifs is 1. The maximum absolute atomic E-state index is 13.4. The Labute approximate surface area is 240 Å². The third kappa shape index (κ3) is 8.82. The van der Waals surface area contributed by atoms with Crippen LogP contribution in [0.15, 0.2) is 42.7 Å². The summed E-state index contributed by atoms with van der Waals surface area (Å²) in [5, 5.41) is 0.897. The first-order chi connectivity index (χ1) is 18.8. The van der Waals surface area contributed by atoms with Crippen LogP contribution in [0.25, 0.3) is 16.9 Å². The molecule has 0 aliphatic rings. The third-order valence-electron chi connectivity index (χ3n) is 5.22. The van der Waals surface area contributed by atoms with Crippen LogP contribution in [0.4, 0.5) is 25.9 Å². The van der Waals surface area contributed by atoms with Gasteiger partial charge in [0, 0.05) is 30.0 Å². The van der Waals surface area contributed by atoms with Gasteiger partial charge in [0.25, 0.3) is 0 Å². The van der Waals surface area contributed by atoms with Crippen molar-refractivity contribution < 1.29 is 28.6 Å². The first-order valence-electron chi connectivity index (χ1n) is 13.3. The fraction of sp³-hybridized carbons (Fsp3) is 0.483. The predicted octanol–water partition coefficient (Wildman–Crippen LogP) is 5.92. The Balaban J connectivity index is 1.98. The van der Waals surface area contributed by atoms with Crippen molar-refractivity contribution >= 4 is 40.7 Å². The van der Waals surface area contributed by atoms with Gasteiger partial charge in [0.2, 0.25) is 5.95 Å². The van der Waals surface area contributed by atoms with E-state index in [1.807, 2.05) is 18.2 Å². The Hall–Kier alpha value is -4.35. The standard InChI is InChI=1S/C29H40N6O6/c1-27(2,3)39-24(36)34(16-17-35(25(37)40-28(4,5)6)26(38)41-29(7,8)9)22-12-14-31-23(32-22)33-15-13-19-18-20(30)10-11-21(19)33/h10-15,18H,16-17,30H2,1-9H3. The fourth-order valence-corrected chi connectivity index (χ4v) is 3.65. The Morgan fingerprint density at radius 1 is 0.805 bits per heavy atom. The number of imide groups is 1. The largest absolute Gasteiger partial charge is 0.443 e. The number of anilines is 2. The van der Waals surface area contributed by atoms with Gasteiger partial charge >= 0.3 is 18.3 Å². The summed E-state index contributed by atoms with van der Waals surface area (Å²) in [6.45, 7) is 14.9. The van der Waals surface area contributed by atoms with Crippen LogP contribution >= 0.6 is 0 Å². The van der Waals surface area contributed by atoms with Gasteiger partial charge in [0.1, 0.15) is 22.6 Å². The van der Waals surface area contributed by atoms with Gasteiger partial charge in [-0.1, -0.05) is 0 Å². The SMILES string of the molecule is CC(C)(C)OC(=O)N(CCN(C(=O)OC(C)(C)C)c1ccnc(-n2ccc3cc(N)ccc32)n1)C(=O)OC(C)(C)C. The van der Waals surface area contributed by atoms with Crippen LogP contribution < -0.4 is 10.6 Å². The van der Waals surface area contributed by atoms with E-state index in [1.165, 1.54) is 11.1 Å². The van der Waals surface area contributed by atoms with Gasteiger partial charge in [0.05, 0.1) is 12.1 Å². The number of nitrogens with two attached hydrogens (primary N) is 1. The van der Waals surface area contributed by atoms with E-state index in [4.69, 9.17) is 19.9 Å². The Kier molecular flexibility index (Phi) is 8.85. The van der Waals surface area contributed by atoms with E-state index in [2.05, 4.69) is 9.97 Å². The molecule has 222 valence electrons. The zero-order chi connectivity index (χ0) is 30.8. The number of nitrogen functional groups attached to an aromatic ring is 1. The smallest absolute Gasteiger partial charge is 0.419 e. The first-order valence-corrected chi connectivity index (χ1v) is 13.3. The molecule has 12 nitrogen and oxygen atoms in total. The van der Waals surface area contributed by atoms with Gasteiger partial charge in [-0.05, 0) is 92.6 Å². The lowest BCUT2D eigenvalue weighted by atomic mass is 10.2. The number of hydrogen-bond donors (Lipinski definition) is 1. The maximum Gasteiger partial charge on any atom is 0.419 e. The first kappa shape index (κ1) is 31.2. The average molecular weight is 569 g/mol. The second kappa shape index (κ2) is 11.6. The van der Waals surface area contributed by atoms with Crippen LogP contribution in [0.1, 0.15) is 62.3 Å². The van der Waals surface area contributed by atoms with Gasteiger partial charge in [0.15, 0.2) is 0 Å². The molecule has 0 saturated carbocycles. The normalized spacial score (nSPS) is 12.1. The molecular weight excluding hydrogens is 528 g/mol. The number of benzene rings is 1. The fourth-order valence-electron chi connectivity index (χ4n) is 3.65. The molecule has 0 bridgehead atoms. The van der Waals surface area contributed by atoms with E-state index in [0.717, 1.165) is 15.8 Å². The highest BCUT2D eigenvalue weighted by atomic mass is 16.6. The summed E-state index contributed by atoms with van der Waals surface area (Å²) < 4.78 is 18.3. The lowest BCUT2D eigenvalue weighted by molar-refractivity contribution is 0.00153. The molecule has 0 fully saturated rings. The highest BCUT2D eigenvalue weighted by Gasteiger charge is 2.33. The van der Waals surface area contributed by atoms with Crippen molar-refractivity contribution in [1.29, 1.82) is 0 Å². The second-order valence-corrected chi connectivity index (χ2v) is 12.5. The molecule has 3 amide bonds. The number of nitrogens with zero attached hydrogens (tertiary/aromatic N) is 5. The summed E-state index contributed by atoms with van der Waals surface area (Å²) in [7, 11) is 0. The number of hydrogen-bond acceptors (Lipinski definition) is 9. The highest BCUT2D eigenvalue weighted by Crippen LogP contribution is 2.23. The minimum atomic E-state index is -0.905. The van der Waals surface area contributed by atoms with E-state index in [0.29, 0.717) is 11.6 Å². The highest BCUT2D eigenvalue weighted by molar-refractivity contribution is 5.90. The molecule has 0 aliphatic carbocycles. The molecule has 3 aromatic rings. The van der Waals surface area contributed by atoms with Crippen molar-refractivity contribution in [1.82, 2.24) is 19.4 Å². The third-order valence-corrected chi connectivity index (χ3v) is 5.22. The molecule has 12 heteroatoms. The van der Waals surface area contributed by atoms with Crippen LogP contribution in [-0.2, 0) is 14.2 Å². The van der Waals surface area contributed by atoms with Crippen molar-refractivity contribution in [3.05, 3.63) is 42.7 Å². The van der Waals surface area contributed by atoms with E-state index < -0.39 is 35.1 Å². The molecule has 1 aromatic carbocycles. The second-order valence-electron chi connectivity index (χ2n) is 12.5. The van der Waals surface area contributed by atoms with Crippen LogP contribution in [0.3, 0.4) is 0 Å². The van der Waals surface area contributed by atoms with E-state index in [9.17, 15) is 14.4 Å². The summed E-state index contributed by atoms with van der Waals surface area (Å²) >= 11 is 0. The molecule has 3 rings (SSSR count). The lowest BCUT2D eigenvalue weighted by Gasteiger charge is -2.31. The van der Waals surface area contributed by atoms with Gasteiger partial charge < -0.3 is 19.9 Å². The number of ether oxygens (including phenoxy) is 3. The van der Waals surface area contributed by atoms with Crippen LogP contribution in [0.2, 0.25) is 0 Å². The molecule has 0 unspecified atom stereocenters. The van der Waals surface area contributed by atoms with Gasteiger partial charge in [-0.2, -0.15) is 4.98 Å². The molecule has 41 heavy (non-hydrogen) atoms. The quantitative estimate of drug-likeness (QED) is 0.293. The van der Waals surface area contributed by atoms with Gasteiger partial charge in [-0.15, -0.1) is 0 Å². The Bertz CT molecular complexity index is 1390. The van der Waals surface area contributed by atoms with Crippen molar-refractivity contribution in [2.45, 2.75) is 79.1 Å². The van der Waals surface area contributed by atoms with E-state index >= 15 is 0 Å². The number of carbonyl (C=O) groups is 3. The summed E-state index contributed by atoms with van der Waals surface area (Å²) in [5.74, 6) is 0.502. The molecular formula is C29H40N6O6. The van der Waals surface area contributed by atoms with Crippen LogP contribution in [0, 0.1) is 0 Å². The van der Waals surface area contributed by atoms with Crippen LogP contribution in [0.5, 0.6) is 0 Å². The molecule has 0 radical (unpaired) electrons. The number of rotatable bonds is 5. The molecule has 0 atom stereocenters. The van der Waals surface area contributed by atoms with Gasteiger partial charge in [-0.3, -0.25) is 9.47 Å². The lowest BCUT2D eigenvalue weighted by Crippen LogP contribution is -2.48. The summed E-state index contributed by atoms with van der Waals surface area (Å²) in [6, 6.07) is 8.89. The van der Waals surface area contributed by atoms with E-state index in [-0.39, 0.29) is 18.9 Å². The molecule has 2 N–H and O–H groups in total. The van der Waals surface area contributed by atoms with E-state index in [1.54, 1.807) is 85.2 Å². The molecule has 0 spiro atoms. The zero-order valence-electron chi connectivity index (χ0n) is 25.2. The van der Waals surface area contributed by atoms with Crippen LogP contribution in [-0.4, -0.2) is 67.6 Å². The van der Waals surface area contributed by atoms with Crippen molar-refractivity contribution in [3.63, 3.8) is 0 Å². The molecule has 2 heterocycles. The van der Waals surface area contributed by atoms with Crippen molar-refractivity contribution in [2.75, 3.05) is 23.7 Å². The summed E-state index contributed by atoms with van der Waals surface area (Å²) in [5.41, 5.74) is 4.81. The molecule has 2 aromatic heterocycles. The monoisotopic (exact) mass is 568 g/mol. The number of amides is 3. The predicted molar refractivity (Wildman–Crippen MR) is 156 cm³/mol. The van der Waals surface area contributed by atoms with Gasteiger partial charge in [-0.25, -0.2) is 24.3 Å². The molecule has 0 saturated heterocycles. The maximum atomic E-state index is 13.4. The summed E-state index contributed by atoms with van der Waals surface area (Å²) in [4.78, 5) is 50.5. The average Bonchev–Trinajstić information content (AvgIpc) is 3.21. The minimum absolute atomic E-state index is 0.160. The Morgan fingerprint density at radius 3 is 1.93 bits per heavy atom. The Morgan fingerprint density at radius 2 is 1.37 bits per heavy atom. The number of carbonyl (C=O) groups excluding carboxylic acids is 3. The zero-order valence-corrected chi connectivity index (χ0v) is 25.2. The molecule has 0 aliphatic heterocycles. The summed E-state index contributed by atoms with van der Waals surface area (Å²) in [6.07, 6.45) is 0.779. The number of aromatic nitrogens is 3. The topological polar surface area (TPSA) is 142 Å². The van der Waals surface area contributed by atoms with Crippen molar-refractivity contribution in [3.8, 4) is 5.95 Å². The van der Waals surface area contributed by atoms with Crippen molar-refractivity contribution in [2.24, 2.45) is 0 Å².